The predicted octanol–water partition coefficient (Wildman–Crippen LogP) is 3.45. The van der Waals surface area contributed by atoms with Crippen LogP contribution in [0.3, 0.4) is 0 Å². The SMILES string of the molecule is CNC(CCC(F)(F)F)CSC(C)(C)C. The van der Waals surface area contributed by atoms with E-state index in [0.717, 1.165) is 5.75 Å². The summed E-state index contributed by atoms with van der Waals surface area (Å²) >= 11 is 1.69. The molecule has 0 aromatic heterocycles. The van der Waals surface area contributed by atoms with E-state index in [1.165, 1.54) is 0 Å². The molecule has 0 aliphatic heterocycles. The van der Waals surface area contributed by atoms with Crippen molar-refractivity contribution < 1.29 is 13.2 Å². The second-order valence-corrected chi connectivity index (χ2v) is 6.41. The van der Waals surface area contributed by atoms with E-state index in [1.54, 1.807) is 18.8 Å². The highest BCUT2D eigenvalue weighted by molar-refractivity contribution is 8.00. The van der Waals surface area contributed by atoms with Gasteiger partial charge >= 0.3 is 6.18 Å². The maximum Gasteiger partial charge on any atom is 0.389 e. The topological polar surface area (TPSA) is 12.0 Å². The van der Waals surface area contributed by atoms with Crippen LogP contribution in [0.2, 0.25) is 0 Å². The van der Waals surface area contributed by atoms with E-state index < -0.39 is 12.6 Å². The first-order chi connectivity index (χ1) is 6.64. The summed E-state index contributed by atoms with van der Waals surface area (Å²) in [6.45, 7) is 6.19. The Hall–Kier alpha value is 0.100. The highest BCUT2D eigenvalue weighted by Crippen LogP contribution is 2.27. The van der Waals surface area contributed by atoms with Crippen LogP contribution in [0, 0.1) is 0 Å². The van der Waals surface area contributed by atoms with Gasteiger partial charge in [-0.05, 0) is 13.5 Å². The quantitative estimate of drug-likeness (QED) is 0.793. The Balaban J connectivity index is 3.84. The molecule has 1 N–H and O–H groups in total. The zero-order chi connectivity index (χ0) is 12.1. The molecule has 0 heterocycles. The molecule has 15 heavy (non-hydrogen) atoms. The van der Waals surface area contributed by atoms with Crippen LogP contribution >= 0.6 is 11.8 Å². The minimum absolute atomic E-state index is 0.0594. The molecular formula is C10H20F3NS. The molecule has 0 saturated carbocycles. The predicted molar refractivity (Wildman–Crippen MR) is 60.3 cm³/mol. The fourth-order valence-electron chi connectivity index (χ4n) is 0.999. The minimum Gasteiger partial charge on any atom is -0.316 e. The van der Waals surface area contributed by atoms with Crippen molar-refractivity contribution in [3.63, 3.8) is 0 Å². The van der Waals surface area contributed by atoms with Gasteiger partial charge in [0.2, 0.25) is 0 Å². The van der Waals surface area contributed by atoms with Crippen LogP contribution in [0.15, 0.2) is 0 Å². The molecule has 0 aliphatic rings. The van der Waals surface area contributed by atoms with Gasteiger partial charge in [0.15, 0.2) is 0 Å². The van der Waals surface area contributed by atoms with E-state index in [1.807, 2.05) is 0 Å². The average Bonchev–Trinajstić information content (AvgIpc) is 2.00. The minimum atomic E-state index is -4.04. The van der Waals surface area contributed by atoms with E-state index in [9.17, 15) is 13.2 Å². The summed E-state index contributed by atoms with van der Waals surface area (Å²) in [4.78, 5) is 0. The van der Waals surface area contributed by atoms with Crippen LogP contribution in [0.25, 0.3) is 0 Å². The lowest BCUT2D eigenvalue weighted by Crippen LogP contribution is -2.31. The molecule has 0 saturated heterocycles. The first-order valence-electron chi connectivity index (χ1n) is 5.02. The highest BCUT2D eigenvalue weighted by Gasteiger charge is 2.28. The molecule has 0 rings (SSSR count). The monoisotopic (exact) mass is 243 g/mol. The zero-order valence-corrected chi connectivity index (χ0v) is 10.6. The molecule has 0 spiro atoms. The summed E-state index contributed by atoms with van der Waals surface area (Å²) in [5, 5.41) is 2.93. The third-order valence-corrected chi connectivity index (χ3v) is 3.34. The Morgan fingerprint density at radius 1 is 1.20 bits per heavy atom. The van der Waals surface area contributed by atoms with Crippen molar-refractivity contribution in [3.05, 3.63) is 0 Å². The molecule has 0 fully saturated rings. The third-order valence-electron chi connectivity index (χ3n) is 1.90. The van der Waals surface area contributed by atoms with Gasteiger partial charge in [0.1, 0.15) is 0 Å². The number of halogens is 3. The molecule has 0 radical (unpaired) electrons. The van der Waals surface area contributed by atoms with Gasteiger partial charge < -0.3 is 5.32 Å². The number of alkyl halides is 3. The van der Waals surface area contributed by atoms with E-state index in [4.69, 9.17) is 0 Å². The van der Waals surface area contributed by atoms with Crippen LogP contribution in [0.5, 0.6) is 0 Å². The zero-order valence-electron chi connectivity index (χ0n) is 9.74. The van der Waals surface area contributed by atoms with Crippen molar-refractivity contribution in [3.8, 4) is 0 Å². The molecule has 0 bridgehead atoms. The molecule has 1 atom stereocenters. The lowest BCUT2D eigenvalue weighted by Gasteiger charge is -2.23. The summed E-state index contributed by atoms with van der Waals surface area (Å²) < 4.78 is 36.1. The first-order valence-corrected chi connectivity index (χ1v) is 6.00. The second-order valence-electron chi connectivity index (χ2n) is 4.56. The number of thioether (sulfide) groups is 1. The number of hydrogen-bond acceptors (Lipinski definition) is 2. The largest absolute Gasteiger partial charge is 0.389 e. The Morgan fingerprint density at radius 2 is 1.73 bits per heavy atom. The maximum absolute atomic E-state index is 12.0. The summed E-state index contributed by atoms with van der Waals surface area (Å²) in [5.74, 6) is 0.718. The highest BCUT2D eigenvalue weighted by atomic mass is 32.2. The second kappa shape index (κ2) is 5.99. The standard InChI is InChI=1S/C10H20F3NS/c1-9(2,3)15-7-8(14-4)5-6-10(11,12)13/h8,14H,5-7H2,1-4H3. The summed E-state index contributed by atoms with van der Waals surface area (Å²) in [6, 6.07) is -0.0594. The fraction of sp³-hybridized carbons (Fsp3) is 1.00. The van der Waals surface area contributed by atoms with Crippen molar-refractivity contribution in [1.82, 2.24) is 5.32 Å². The van der Waals surface area contributed by atoms with Crippen LogP contribution in [0.4, 0.5) is 13.2 Å². The Bertz CT molecular complexity index is 156. The molecule has 0 amide bonds. The van der Waals surface area contributed by atoms with Gasteiger partial charge in [-0.1, -0.05) is 20.8 Å². The van der Waals surface area contributed by atoms with Crippen molar-refractivity contribution in [2.45, 2.75) is 50.6 Å². The molecule has 92 valence electrons. The van der Waals surface area contributed by atoms with Crippen molar-refractivity contribution in [1.29, 1.82) is 0 Å². The maximum atomic E-state index is 12.0. The van der Waals surface area contributed by atoms with Crippen LogP contribution < -0.4 is 5.32 Å². The molecule has 1 unspecified atom stereocenters. The smallest absolute Gasteiger partial charge is 0.316 e. The molecule has 0 aliphatic carbocycles. The lowest BCUT2D eigenvalue weighted by atomic mass is 10.2. The van der Waals surface area contributed by atoms with Crippen molar-refractivity contribution in [2.75, 3.05) is 12.8 Å². The van der Waals surface area contributed by atoms with E-state index in [2.05, 4.69) is 26.1 Å². The van der Waals surface area contributed by atoms with Crippen LogP contribution in [0.1, 0.15) is 33.6 Å². The Labute approximate surface area is 94.2 Å². The fourth-order valence-corrected chi connectivity index (χ4v) is 2.03. The van der Waals surface area contributed by atoms with Gasteiger partial charge in [0.25, 0.3) is 0 Å². The first kappa shape index (κ1) is 15.1. The van der Waals surface area contributed by atoms with Crippen LogP contribution in [-0.2, 0) is 0 Å². The Kier molecular flexibility index (Phi) is 6.03. The number of hydrogen-bond donors (Lipinski definition) is 1. The van der Waals surface area contributed by atoms with E-state index >= 15 is 0 Å². The summed E-state index contributed by atoms with van der Waals surface area (Å²) in [6.07, 6.45) is -4.59. The van der Waals surface area contributed by atoms with E-state index in [-0.39, 0.29) is 17.2 Å². The molecule has 1 nitrogen and oxygen atoms in total. The van der Waals surface area contributed by atoms with Gasteiger partial charge in [-0.15, -0.1) is 0 Å². The van der Waals surface area contributed by atoms with Crippen LogP contribution in [-0.4, -0.2) is 29.8 Å². The summed E-state index contributed by atoms with van der Waals surface area (Å²) in [7, 11) is 1.71. The number of rotatable bonds is 5. The molecular weight excluding hydrogens is 223 g/mol. The van der Waals surface area contributed by atoms with Gasteiger partial charge in [-0.3, -0.25) is 0 Å². The Morgan fingerprint density at radius 3 is 2.07 bits per heavy atom. The van der Waals surface area contributed by atoms with E-state index in [0.29, 0.717) is 0 Å². The van der Waals surface area contributed by atoms with Crippen molar-refractivity contribution in [2.24, 2.45) is 0 Å². The molecule has 5 heteroatoms. The van der Waals surface area contributed by atoms with Gasteiger partial charge in [0, 0.05) is 23.0 Å². The molecule has 0 aromatic carbocycles. The van der Waals surface area contributed by atoms with Gasteiger partial charge in [-0.2, -0.15) is 24.9 Å². The lowest BCUT2D eigenvalue weighted by molar-refractivity contribution is -0.136. The normalized spacial score (nSPS) is 15.4. The average molecular weight is 243 g/mol. The third kappa shape index (κ3) is 10.4. The van der Waals surface area contributed by atoms with Gasteiger partial charge in [-0.25, -0.2) is 0 Å². The summed E-state index contributed by atoms with van der Waals surface area (Å²) in [5.41, 5.74) is 0. The molecule has 0 aromatic rings. The van der Waals surface area contributed by atoms with Gasteiger partial charge in [0.05, 0.1) is 0 Å². The number of nitrogens with one attached hydrogen (secondary N) is 1. The van der Waals surface area contributed by atoms with Crippen molar-refractivity contribution >= 4 is 11.8 Å².